The minimum absolute atomic E-state index is 0.00594. The molecule has 1 aliphatic heterocycles. The van der Waals surface area contributed by atoms with Crippen LogP contribution >= 0.6 is 0 Å². The molecule has 3 N–H and O–H groups in total. The van der Waals surface area contributed by atoms with Crippen LogP contribution in [0.1, 0.15) is 44.7 Å². The Bertz CT molecular complexity index is 942. The maximum atomic E-state index is 12.1. The van der Waals surface area contributed by atoms with Crippen LogP contribution in [0.15, 0.2) is 48.5 Å². The second-order valence-electron chi connectivity index (χ2n) is 8.17. The lowest BCUT2D eigenvalue weighted by atomic mass is 10.1. The summed E-state index contributed by atoms with van der Waals surface area (Å²) in [7, 11) is 0. The van der Waals surface area contributed by atoms with E-state index in [1.807, 2.05) is 57.2 Å². The fourth-order valence-corrected chi connectivity index (χ4v) is 2.98. The van der Waals surface area contributed by atoms with Crippen LogP contribution in [-0.2, 0) is 9.53 Å². The van der Waals surface area contributed by atoms with Gasteiger partial charge in [-0.1, -0.05) is 11.8 Å². The molecule has 6 heteroatoms. The second kappa shape index (κ2) is 9.47. The van der Waals surface area contributed by atoms with Crippen molar-refractivity contribution in [2.75, 3.05) is 17.2 Å². The Morgan fingerprint density at radius 2 is 1.47 bits per heavy atom. The summed E-state index contributed by atoms with van der Waals surface area (Å²) in [5.41, 5.74) is 2.54. The number of nitrogens with one attached hydrogen (secondary N) is 3. The van der Waals surface area contributed by atoms with Crippen LogP contribution in [-0.4, -0.2) is 30.2 Å². The van der Waals surface area contributed by atoms with E-state index >= 15 is 0 Å². The van der Waals surface area contributed by atoms with Crippen LogP contribution in [0.3, 0.4) is 0 Å². The highest BCUT2D eigenvalue weighted by atomic mass is 16.6. The standard InChI is InChI=1S/C24H27N3O3/c1-24(2,3)30-23(29)27-20-14-10-18(11-15-20)7-6-17-8-12-19(13-9-17)26-22(28)21-5-4-16-25-21/h8-15,21,25H,4-5,16H2,1-3H3,(H,26,28)(H,27,29)/t21-/m0/s1. The Morgan fingerprint density at radius 1 is 0.933 bits per heavy atom. The van der Waals surface area contributed by atoms with Gasteiger partial charge in [0.05, 0.1) is 6.04 Å². The number of rotatable bonds is 3. The quantitative estimate of drug-likeness (QED) is 0.671. The summed E-state index contributed by atoms with van der Waals surface area (Å²) in [5.74, 6) is 6.20. The Balaban J connectivity index is 1.55. The molecular formula is C24H27N3O3. The highest BCUT2D eigenvalue weighted by Gasteiger charge is 2.21. The molecule has 0 unspecified atom stereocenters. The molecule has 0 radical (unpaired) electrons. The lowest BCUT2D eigenvalue weighted by molar-refractivity contribution is -0.117. The predicted octanol–water partition coefficient (Wildman–Crippen LogP) is 4.12. The van der Waals surface area contributed by atoms with Gasteiger partial charge in [-0.2, -0.15) is 0 Å². The van der Waals surface area contributed by atoms with E-state index in [-0.39, 0.29) is 11.9 Å². The zero-order valence-electron chi connectivity index (χ0n) is 17.5. The van der Waals surface area contributed by atoms with Crippen molar-refractivity contribution in [1.82, 2.24) is 5.32 Å². The van der Waals surface area contributed by atoms with Crippen molar-refractivity contribution in [2.24, 2.45) is 0 Å². The van der Waals surface area contributed by atoms with Crippen molar-refractivity contribution in [1.29, 1.82) is 0 Å². The molecule has 156 valence electrons. The van der Waals surface area contributed by atoms with Crippen LogP contribution in [0.25, 0.3) is 0 Å². The fourth-order valence-electron chi connectivity index (χ4n) is 2.98. The molecule has 2 aromatic carbocycles. The maximum absolute atomic E-state index is 12.1. The Hall–Kier alpha value is -3.30. The van der Waals surface area contributed by atoms with E-state index in [1.54, 1.807) is 12.1 Å². The summed E-state index contributed by atoms with van der Waals surface area (Å²) >= 11 is 0. The summed E-state index contributed by atoms with van der Waals surface area (Å²) in [6.07, 6.45) is 1.42. The van der Waals surface area contributed by atoms with Crippen molar-refractivity contribution < 1.29 is 14.3 Å². The van der Waals surface area contributed by atoms with Gasteiger partial charge in [0, 0.05) is 22.5 Å². The van der Waals surface area contributed by atoms with E-state index in [4.69, 9.17) is 4.74 Å². The normalized spacial score (nSPS) is 15.6. The zero-order chi connectivity index (χ0) is 21.6. The first-order valence-corrected chi connectivity index (χ1v) is 10.0. The first-order chi connectivity index (χ1) is 14.3. The summed E-state index contributed by atoms with van der Waals surface area (Å²) < 4.78 is 5.23. The lowest BCUT2D eigenvalue weighted by Gasteiger charge is -2.19. The third-order valence-corrected chi connectivity index (χ3v) is 4.41. The van der Waals surface area contributed by atoms with Gasteiger partial charge >= 0.3 is 6.09 Å². The van der Waals surface area contributed by atoms with E-state index in [9.17, 15) is 9.59 Å². The second-order valence-corrected chi connectivity index (χ2v) is 8.17. The van der Waals surface area contributed by atoms with E-state index in [0.29, 0.717) is 5.69 Å². The van der Waals surface area contributed by atoms with Gasteiger partial charge in [0.2, 0.25) is 5.91 Å². The molecule has 1 heterocycles. The smallest absolute Gasteiger partial charge is 0.412 e. The van der Waals surface area contributed by atoms with Gasteiger partial charge in [0.25, 0.3) is 0 Å². The van der Waals surface area contributed by atoms with Crippen LogP contribution in [0.2, 0.25) is 0 Å². The number of carbonyl (C=O) groups is 2. The molecule has 2 amide bonds. The van der Waals surface area contributed by atoms with Gasteiger partial charge < -0.3 is 15.4 Å². The van der Waals surface area contributed by atoms with E-state index in [0.717, 1.165) is 36.2 Å². The van der Waals surface area contributed by atoms with Crippen LogP contribution in [0.5, 0.6) is 0 Å². The molecule has 30 heavy (non-hydrogen) atoms. The first-order valence-electron chi connectivity index (χ1n) is 10.0. The molecule has 6 nitrogen and oxygen atoms in total. The maximum Gasteiger partial charge on any atom is 0.412 e. The molecule has 2 aromatic rings. The topological polar surface area (TPSA) is 79.5 Å². The summed E-state index contributed by atoms with van der Waals surface area (Å²) in [6, 6.07) is 14.6. The lowest BCUT2D eigenvalue weighted by Crippen LogP contribution is -2.35. The van der Waals surface area contributed by atoms with Gasteiger partial charge in [0.15, 0.2) is 0 Å². The molecule has 0 spiro atoms. The van der Waals surface area contributed by atoms with Gasteiger partial charge in [-0.15, -0.1) is 0 Å². The molecule has 3 rings (SSSR count). The van der Waals surface area contributed by atoms with Crippen molar-refractivity contribution in [3.8, 4) is 11.8 Å². The summed E-state index contributed by atoms with van der Waals surface area (Å²) in [4.78, 5) is 23.9. The third-order valence-electron chi connectivity index (χ3n) is 4.41. The number of ether oxygens (including phenoxy) is 1. The van der Waals surface area contributed by atoms with E-state index in [2.05, 4.69) is 27.8 Å². The number of benzene rings is 2. The average molecular weight is 405 g/mol. The zero-order valence-corrected chi connectivity index (χ0v) is 17.5. The van der Waals surface area contributed by atoms with Crippen LogP contribution in [0, 0.1) is 11.8 Å². The molecule has 1 aliphatic rings. The number of hydrogen-bond donors (Lipinski definition) is 3. The highest BCUT2D eigenvalue weighted by Crippen LogP contribution is 2.14. The van der Waals surface area contributed by atoms with Crippen molar-refractivity contribution in [3.05, 3.63) is 59.7 Å². The van der Waals surface area contributed by atoms with Gasteiger partial charge in [0.1, 0.15) is 5.60 Å². The molecule has 0 bridgehead atoms. The summed E-state index contributed by atoms with van der Waals surface area (Å²) in [5, 5.41) is 8.81. The molecule has 1 fully saturated rings. The first kappa shape index (κ1) is 21.4. The number of carbonyl (C=O) groups excluding carboxylic acids is 2. The third kappa shape index (κ3) is 6.64. The Labute approximate surface area is 177 Å². The minimum Gasteiger partial charge on any atom is -0.444 e. The predicted molar refractivity (Wildman–Crippen MR) is 118 cm³/mol. The van der Waals surface area contributed by atoms with Gasteiger partial charge in [-0.25, -0.2) is 4.79 Å². The largest absolute Gasteiger partial charge is 0.444 e. The average Bonchev–Trinajstić information content (AvgIpc) is 3.22. The van der Waals surface area contributed by atoms with Gasteiger partial charge in [-0.3, -0.25) is 10.1 Å². The SMILES string of the molecule is CC(C)(C)OC(=O)Nc1ccc(C#Cc2ccc(NC(=O)[C@@H]3CCCN3)cc2)cc1. The Kier molecular flexibility index (Phi) is 6.76. The highest BCUT2D eigenvalue weighted by molar-refractivity contribution is 5.95. The fraction of sp³-hybridized carbons (Fsp3) is 0.333. The van der Waals surface area contributed by atoms with Gasteiger partial charge in [-0.05, 0) is 88.7 Å². The summed E-state index contributed by atoms with van der Waals surface area (Å²) in [6.45, 7) is 6.35. The van der Waals surface area contributed by atoms with Crippen molar-refractivity contribution >= 4 is 23.4 Å². The molecule has 0 aromatic heterocycles. The molecule has 0 saturated carbocycles. The molecule has 1 atom stereocenters. The van der Waals surface area contributed by atoms with Crippen LogP contribution in [0.4, 0.5) is 16.2 Å². The number of hydrogen-bond acceptors (Lipinski definition) is 4. The van der Waals surface area contributed by atoms with Crippen LogP contribution < -0.4 is 16.0 Å². The van der Waals surface area contributed by atoms with E-state index in [1.165, 1.54) is 0 Å². The monoisotopic (exact) mass is 405 g/mol. The minimum atomic E-state index is -0.540. The van der Waals surface area contributed by atoms with Crippen molar-refractivity contribution in [2.45, 2.75) is 45.3 Å². The Morgan fingerprint density at radius 3 is 1.93 bits per heavy atom. The number of anilines is 2. The van der Waals surface area contributed by atoms with Crippen molar-refractivity contribution in [3.63, 3.8) is 0 Å². The molecule has 0 aliphatic carbocycles. The van der Waals surface area contributed by atoms with E-state index < -0.39 is 11.7 Å². The molecular weight excluding hydrogens is 378 g/mol. The molecule has 1 saturated heterocycles. The number of amides is 2.